The third-order valence-electron chi connectivity index (χ3n) is 4.69. The standard InChI is InChI=1S/C23H44O4/c1-20(2,3)15-16(21(4,5)6)18(24)26-13-14-27-19(25)17(22(7,8)9)23(10,11)12/h16-17H,13-15H2,1-12H3. The van der Waals surface area contributed by atoms with Crippen LogP contribution in [0.1, 0.15) is 89.5 Å². The summed E-state index contributed by atoms with van der Waals surface area (Å²) in [4.78, 5) is 25.2. The number of esters is 2. The Morgan fingerprint density at radius 3 is 1.30 bits per heavy atom. The summed E-state index contributed by atoms with van der Waals surface area (Å²) in [7, 11) is 0. The van der Waals surface area contributed by atoms with Crippen molar-refractivity contribution in [3.8, 4) is 0 Å². The van der Waals surface area contributed by atoms with E-state index in [0.717, 1.165) is 6.42 Å². The van der Waals surface area contributed by atoms with Crippen molar-refractivity contribution in [2.75, 3.05) is 13.2 Å². The van der Waals surface area contributed by atoms with E-state index in [1.165, 1.54) is 0 Å². The predicted octanol–water partition coefficient (Wildman–Crippen LogP) is 5.88. The minimum atomic E-state index is -0.232. The molecular formula is C23H44O4. The molecule has 0 bridgehead atoms. The number of hydrogen-bond acceptors (Lipinski definition) is 4. The van der Waals surface area contributed by atoms with Gasteiger partial charge >= 0.3 is 11.9 Å². The Kier molecular flexibility index (Phi) is 8.61. The van der Waals surface area contributed by atoms with Gasteiger partial charge in [0.2, 0.25) is 0 Å². The van der Waals surface area contributed by atoms with Crippen LogP contribution in [0.15, 0.2) is 0 Å². The topological polar surface area (TPSA) is 52.6 Å². The molecular weight excluding hydrogens is 340 g/mol. The summed E-state index contributed by atoms with van der Waals surface area (Å²) in [6.07, 6.45) is 0.755. The summed E-state index contributed by atoms with van der Waals surface area (Å²) in [6.45, 7) is 25.0. The zero-order chi connectivity index (χ0) is 21.8. The minimum Gasteiger partial charge on any atom is -0.462 e. The lowest BCUT2D eigenvalue weighted by atomic mass is 9.67. The third-order valence-corrected chi connectivity index (χ3v) is 4.69. The van der Waals surface area contributed by atoms with E-state index in [4.69, 9.17) is 9.47 Å². The van der Waals surface area contributed by atoms with Crippen LogP contribution in [0, 0.1) is 33.5 Å². The molecule has 0 heterocycles. The second kappa shape index (κ2) is 8.96. The highest BCUT2D eigenvalue weighted by atomic mass is 16.6. The summed E-state index contributed by atoms with van der Waals surface area (Å²) >= 11 is 0. The Morgan fingerprint density at radius 1 is 0.630 bits per heavy atom. The average Bonchev–Trinajstić information content (AvgIpc) is 2.35. The maximum absolute atomic E-state index is 12.6. The number of carbonyl (C=O) groups excluding carboxylic acids is 2. The fourth-order valence-corrected chi connectivity index (χ4v) is 3.83. The van der Waals surface area contributed by atoms with Gasteiger partial charge in [0.15, 0.2) is 0 Å². The largest absolute Gasteiger partial charge is 0.462 e. The average molecular weight is 385 g/mol. The van der Waals surface area contributed by atoms with Crippen molar-refractivity contribution in [3.05, 3.63) is 0 Å². The fraction of sp³-hybridized carbons (Fsp3) is 0.913. The van der Waals surface area contributed by atoms with Crippen LogP contribution in [-0.2, 0) is 19.1 Å². The van der Waals surface area contributed by atoms with Crippen molar-refractivity contribution in [2.45, 2.75) is 89.5 Å². The van der Waals surface area contributed by atoms with E-state index in [-0.39, 0.29) is 58.6 Å². The van der Waals surface area contributed by atoms with Gasteiger partial charge in [-0.15, -0.1) is 0 Å². The quantitative estimate of drug-likeness (QED) is 0.424. The summed E-state index contributed by atoms with van der Waals surface area (Å²) in [6, 6.07) is 0. The molecule has 160 valence electrons. The van der Waals surface area contributed by atoms with Crippen LogP contribution in [0.2, 0.25) is 0 Å². The van der Waals surface area contributed by atoms with E-state index >= 15 is 0 Å². The summed E-state index contributed by atoms with van der Waals surface area (Å²) < 4.78 is 10.9. The molecule has 1 atom stereocenters. The molecule has 0 saturated heterocycles. The monoisotopic (exact) mass is 384 g/mol. The Morgan fingerprint density at radius 2 is 1.00 bits per heavy atom. The van der Waals surface area contributed by atoms with Crippen molar-refractivity contribution >= 4 is 11.9 Å². The SMILES string of the molecule is CC(C)(C)CC(C(=O)OCCOC(=O)C(C(C)(C)C)C(C)(C)C)C(C)(C)C. The van der Waals surface area contributed by atoms with Crippen LogP contribution in [-0.4, -0.2) is 25.2 Å². The summed E-state index contributed by atoms with van der Waals surface area (Å²) in [5, 5.41) is 0. The maximum Gasteiger partial charge on any atom is 0.310 e. The van der Waals surface area contributed by atoms with Gasteiger partial charge in [0.05, 0.1) is 11.8 Å². The molecule has 0 aliphatic rings. The molecule has 0 saturated carbocycles. The molecule has 0 N–H and O–H groups in total. The second-order valence-electron chi connectivity index (χ2n) is 12.2. The van der Waals surface area contributed by atoms with Crippen LogP contribution in [0.4, 0.5) is 0 Å². The molecule has 0 amide bonds. The minimum absolute atomic E-state index is 0.0378. The third kappa shape index (κ3) is 9.62. The first-order valence-electron chi connectivity index (χ1n) is 10.1. The molecule has 0 aromatic heterocycles. The maximum atomic E-state index is 12.6. The molecule has 27 heavy (non-hydrogen) atoms. The first-order chi connectivity index (χ1) is 11.8. The molecule has 4 nitrogen and oxygen atoms in total. The summed E-state index contributed by atoms with van der Waals surface area (Å²) in [5.74, 6) is -0.862. The van der Waals surface area contributed by atoms with E-state index in [1.54, 1.807) is 0 Å². The number of hydrogen-bond donors (Lipinski definition) is 0. The van der Waals surface area contributed by atoms with Crippen LogP contribution < -0.4 is 0 Å². The first kappa shape index (κ1) is 25.9. The zero-order valence-electron chi connectivity index (χ0n) is 19.9. The van der Waals surface area contributed by atoms with Gasteiger partial charge in [0.1, 0.15) is 13.2 Å². The van der Waals surface area contributed by atoms with Gasteiger partial charge in [-0.2, -0.15) is 0 Å². The lowest BCUT2D eigenvalue weighted by Crippen LogP contribution is -2.40. The lowest BCUT2D eigenvalue weighted by Gasteiger charge is -2.38. The highest BCUT2D eigenvalue weighted by Gasteiger charge is 2.41. The molecule has 0 aromatic carbocycles. The van der Waals surface area contributed by atoms with E-state index in [9.17, 15) is 9.59 Å². The van der Waals surface area contributed by atoms with E-state index in [2.05, 4.69) is 41.5 Å². The number of carbonyl (C=O) groups is 2. The van der Waals surface area contributed by atoms with Crippen LogP contribution in [0.5, 0.6) is 0 Å². The number of ether oxygens (including phenoxy) is 2. The lowest BCUT2D eigenvalue weighted by molar-refractivity contribution is -0.165. The van der Waals surface area contributed by atoms with Gasteiger partial charge < -0.3 is 9.47 Å². The molecule has 0 aliphatic heterocycles. The van der Waals surface area contributed by atoms with Gasteiger partial charge in [0, 0.05) is 0 Å². The van der Waals surface area contributed by atoms with Gasteiger partial charge in [-0.1, -0.05) is 83.1 Å². The molecule has 0 fully saturated rings. The van der Waals surface area contributed by atoms with Crippen molar-refractivity contribution in [3.63, 3.8) is 0 Å². The smallest absolute Gasteiger partial charge is 0.310 e. The first-order valence-corrected chi connectivity index (χ1v) is 10.1. The molecule has 0 aliphatic carbocycles. The molecule has 0 rings (SSSR count). The van der Waals surface area contributed by atoms with Crippen molar-refractivity contribution in [2.24, 2.45) is 33.5 Å². The molecule has 0 spiro atoms. The second-order valence-corrected chi connectivity index (χ2v) is 12.2. The van der Waals surface area contributed by atoms with Crippen molar-refractivity contribution in [1.29, 1.82) is 0 Å². The predicted molar refractivity (Wildman–Crippen MR) is 111 cm³/mol. The Hall–Kier alpha value is -1.06. The highest BCUT2D eigenvalue weighted by molar-refractivity contribution is 5.74. The Bertz CT molecular complexity index is 478. The normalized spacial score (nSPS) is 14.9. The zero-order valence-corrected chi connectivity index (χ0v) is 19.9. The van der Waals surface area contributed by atoms with Crippen molar-refractivity contribution in [1.82, 2.24) is 0 Å². The van der Waals surface area contributed by atoms with E-state index in [0.29, 0.717) is 0 Å². The van der Waals surface area contributed by atoms with Crippen LogP contribution >= 0.6 is 0 Å². The van der Waals surface area contributed by atoms with Gasteiger partial charge in [-0.3, -0.25) is 9.59 Å². The molecule has 0 radical (unpaired) electrons. The highest BCUT2D eigenvalue weighted by Crippen LogP contribution is 2.40. The van der Waals surface area contributed by atoms with E-state index < -0.39 is 0 Å². The van der Waals surface area contributed by atoms with Crippen LogP contribution in [0.3, 0.4) is 0 Å². The van der Waals surface area contributed by atoms with Crippen LogP contribution in [0.25, 0.3) is 0 Å². The Labute approximate surface area is 167 Å². The molecule has 0 aromatic rings. The molecule has 4 heteroatoms. The van der Waals surface area contributed by atoms with Gasteiger partial charge in [0.25, 0.3) is 0 Å². The Balaban J connectivity index is 4.78. The van der Waals surface area contributed by atoms with Gasteiger partial charge in [-0.25, -0.2) is 0 Å². The fourth-order valence-electron chi connectivity index (χ4n) is 3.83. The molecule has 1 unspecified atom stereocenters. The van der Waals surface area contributed by atoms with E-state index in [1.807, 2.05) is 41.5 Å². The number of rotatable bonds is 6. The summed E-state index contributed by atoms with van der Waals surface area (Å²) in [5.41, 5.74) is -0.535. The van der Waals surface area contributed by atoms with Crippen molar-refractivity contribution < 1.29 is 19.1 Å². The van der Waals surface area contributed by atoms with Gasteiger partial charge in [-0.05, 0) is 28.1 Å².